The molecule has 1 aliphatic heterocycles. The molecule has 1 aromatic carbocycles. The van der Waals surface area contributed by atoms with Crippen LogP contribution in [0, 0.1) is 5.82 Å². The number of ether oxygens (including phenoxy) is 1. The topological polar surface area (TPSA) is 96.8 Å². The van der Waals surface area contributed by atoms with Crippen LogP contribution in [0.5, 0.6) is 0 Å². The molecule has 154 valence electrons. The average molecular weight is 408 g/mol. The van der Waals surface area contributed by atoms with Crippen molar-refractivity contribution in [1.29, 1.82) is 0 Å². The summed E-state index contributed by atoms with van der Waals surface area (Å²) in [6.07, 6.45) is 5.68. The zero-order valence-corrected chi connectivity index (χ0v) is 16.5. The molecule has 4 aromatic rings. The molecule has 4 heterocycles. The molecule has 1 saturated heterocycles. The quantitative estimate of drug-likeness (QED) is 0.523. The molecular formula is C20H21FN8O. The summed E-state index contributed by atoms with van der Waals surface area (Å²) in [5.41, 5.74) is 3.86. The lowest BCUT2D eigenvalue weighted by Gasteiger charge is -2.29. The molecule has 5 rings (SSSR count). The first-order valence-electron chi connectivity index (χ1n) is 9.72. The van der Waals surface area contributed by atoms with Gasteiger partial charge >= 0.3 is 0 Å². The van der Waals surface area contributed by atoms with Crippen molar-refractivity contribution in [3.8, 4) is 0 Å². The minimum absolute atomic E-state index is 0.264. The van der Waals surface area contributed by atoms with E-state index >= 15 is 0 Å². The summed E-state index contributed by atoms with van der Waals surface area (Å²) in [5.74, 6) is 0.166. The monoisotopic (exact) mass is 408 g/mol. The first kappa shape index (κ1) is 18.5. The summed E-state index contributed by atoms with van der Waals surface area (Å²) in [6.45, 7) is 2.80. The van der Waals surface area contributed by atoms with Gasteiger partial charge in [0.1, 0.15) is 5.82 Å². The number of hydrogen-bond donors (Lipinski definition) is 2. The third-order valence-corrected chi connectivity index (χ3v) is 5.04. The molecule has 10 heteroatoms. The van der Waals surface area contributed by atoms with Crippen LogP contribution < -0.4 is 10.2 Å². The number of nitrogens with zero attached hydrogens (tertiary/aromatic N) is 6. The minimum atomic E-state index is -0.264. The van der Waals surface area contributed by atoms with E-state index in [4.69, 9.17) is 4.74 Å². The van der Waals surface area contributed by atoms with E-state index in [1.165, 1.54) is 0 Å². The highest BCUT2D eigenvalue weighted by Crippen LogP contribution is 2.24. The predicted octanol–water partition coefficient (Wildman–Crippen LogP) is 2.40. The molecule has 30 heavy (non-hydrogen) atoms. The number of benzene rings is 1. The Morgan fingerprint density at radius 1 is 1.17 bits per heavy atom. The fraction of sp³-hybridized carbons (Fsp3) is 0.300. The molecule has 2 N–H and O–H groups in total. The van der Waals surface area contributed by atoms with Crippen LogP contribution in [0.2, 0.25) is 0 Å². The van der Waals surface area contributed by atoms with Gasteiger partial charge in [0.05, 0.1) is 42.4 Å². The number of morpholine rings is 1. The third kappa shape index (κ3) is 3.81. The van der Waals surface area contributed by atoms with Gasteiger partial charge in [-0.1, -0.05) is 0 Å². The van der Waals surface area contributed by atoms with Gasteiger partial charge in [-0.3, -0.25) is 9.78 Å². The van der Waals surface area contributed by atoms with E-state index in [9.17, 15) is 4.39 Å². The average Bonchev–Trinajstić information content (AvgIpc) is 3.37. The first-order chi connectivity index (χ1) is 14.6. The molecule has 3 aromatic heterocycles. The summed E-state index contributed by atoms with van der Waals surface area (Å²) in [6, 6.07) is 5.13. The third-order valence-electron chi connectivity index (χ3n) is 5.04. The zero-order chi connectivity index (χ0) is 20.5. The maximum atomic E-state index is 14.4. The molecule has 0 unspecified atom stereocenters. The molecule has 1 fully saturated rings. The molecular weight excluding hydrogens is 387 g/mol. The Kier molecular flexibility index (Phi) is 4.75. The van der Waals surface area contributed by atoms with Gasteiger partial charge in [0.25, 0.3) is 0 Å². The highest BCUT2D eigenvalue weighted by atomic mass is 19.1. The number of H-pyrrole nitrogens is 1. The number of aromatic amines is 1. The smallest absolute Gasteiger partial charge is 0.229 e. The minimum Gasteiger partial charge on any atom is -0.378 e. The van der Waals surface area contributed by atoms with Gasteiger partial charge < -0.3 is 15.0 Å². The van der Waals surface area contributed by atoms with E-state index in [2.05, 4.69) is 35.5 Å². The van der Waals surface area contributed by atoms with E-state index in [1.54, 1.807) is 29.2 Å². The van der Waals surface area contributed by atoms with Crippen molar-refractivity contribution in [2.75, 3.05) is 36.5 Å². The fourth-order valence-corrected chi connectivity index (χ4v) is 3.63. The molecule has 0 radical (unpaired) electrons. The summed E-state index contributed by atoms with van der Waals surface area (Å²) < 4.78 is 21.5. The number of halogens is 1. The Morgan fingerprint density at radius 3 is 2.83 bits per heavy atom. The number of anilines is 3. The second-order valence-corrected chi connectivity index (χ2v) is 7.25. The number of aryl methyl sites for hydroxylation is 1. The lowest BCUT2D eigenvalue weighted by molar-refractivity contribution is 0.122. The summed E-state index contributed by atoms with van der Waals surface area (Å²) in [7, 11) is 1.84. The van der Waals surface area contributed by atoms with E-state index in [1.807, 2.05) is 19.3 Å². The van der Waals surface area contributed by atoms with Gasteiger partial charge in [-0.25, -0.2) is 9.37 Å². The maximum absolute atomic E-state index is 14.4. The van der Waals surface area contributed by atoms with Crippen molar-refractivity contribution in [1.82, 2.24) is 29.9 Å². The summed E-state index contributed by atoms with van der Waals surface area (Å²) >= 11 is 0. The second-order valence-electron chi connectivity index (χ2n) is 7.25. The Balaban J connectivity index is 1.47. The lowest BCUT2D eigenvalue weighted by atomic mass is 10.1. The molecule has 9 nitrogen and oxygen atoms in total. The molecule has 0 atom stereocenters. The van der Waals surface area contributed by atoms with Gasteiger partial charge in [-0.2, -0.15) is 15.2 Å². The van der Waals surface area contributed by atoms with Crippen molar-refractivity contribution in [3.63, 3.8) is 0 Å². The lowest BCUT2D eigenvalue weighted by Crippen LogP contribution is -2.36. The molecule has 0 aliphatic carbocycles. The number of nitrogens with one attached hydrogen (secondary N) is 2. The van der Waals surface area contributed by atoms with Crippen LogP contribution in [0.3, 0.4) is 0 Å². The van der Waals surface area contributed by atoms with E-state index in [-0.39, 0.29) is 5.82 Å². The van der Waals surface area contributed by atoms with Crippen LogP contribution in [0.4, 0.5) is 21.7 Å². The molecule has 1 aliphatic rings. The summed E-state index contributed by atoms with van der Waals surface area (Å²) in [4.78, 5) is 11.3. The number of hydrogen-bond acceptors (Lipinski definition) is 7. The maximum Gasteiger partial charge on any atom is 0.229 e. The largest absolute Gasteiger partial charge is 0.378 e. The van der Waals surface area contributed by atoms with Crippen molar-refractivity contribution in [2.45, 2.75) is 6.42 Å². The molecule has 0 spiro atoms. The van der Waals surface area contributed by atoms with Crippen molar-refractivity contribution >= 4 is 28.4 Å². The zero-order valence-electron chi connectivity index (χ0n) is 16.5. The normalized spacial score (nSPS) is 14.4. The van der Waals surface area contributed by atoms with Crippen LogP contribution in [0.1, 0.15) is 11.3 Å². The number of fused-ring (bicyclic) bond motifs is 1. The second kappa shape index (κ2) is 7.71. The first-order valence-corrected chi connectivity index (χ1v) is 9.72. The Labute approximate surface area is 171 Å². The van der Waals surface area contributed by atoms with E-state index in [0.29, 0.717) is 31.2 Å². The number of rotatable bonds is 5. The van der Waals surface area contributed by atoms with Gasteiger partial charge in [-0.05, 0) is 23.8 Å². The van der Waals surface area contributed by atoms with Crippen molar-refractivity contribution in [3.05, 3.63) is 53.9 Å². The molecule has 0 bridgehead atoms. The molecule has 0 amide bonds. The van der Waals surface area contributed by atoms with Crippen LogP contribution >= 0.6 is 0 Å². The number of aromatic nitrogens is 6. The van der Waals surface area contributed by atoms with Crippen LogP contribution in [-0.4, -0.2) is 56.2 Å². The highest BCUT2D eigenvalue weighted by Gasteiger charge is 2.15. The van der Waals surface area contributed by atoms with Crippen LogP contribution in [-0.2, 0) is 18.2 Å². The Bertz CT molecular complexity index is 1180. The standard InChI is InChI=1S/C20H21FN8O/c1-28-12-15(10-23-28)24-20-25-18(17-11-22-27-19(17)26-20)8-13-6-14(21)9-16(7-13)29-2-4-30-5-3-29/h6-7,9-12H,2-5,8H2,1H3,(H2,22,24,25,26,27). The predicted molar refractivity (Wildman–Crippen MR) is 110 cm³/mol. The van der Waals surface area contributed by atoms with Crippen molar-refractivity contribution in [2.24, 2.45) is 7.05 Å². The van der Waals surface area contributed by atoms with Crippen molar-refractivity contribution < 1.29 is 9.13 Å². The highest BCUT2D eigenvalue weighted by molar-refractivity contribution is 5.78. The van der Waals surface area contributed by atoms with Gasteiger partial charge in [0.15, 0.2) is 5.65 Å². The van der Waals surface area contributed by atoms with Gasteiger partial charge in [0, 0.05) is 38.4 Å². The van der Waals surface area contributed by atoms with Crippen LogP contribution in [0.25, 0.3) is 11.0 Å². The molecule has 0 saturated carbocycles. The van der Waals surface area contributed by atoms with E-state index < -0.39 is 0 Å². The van der Waals surface area contributed by atoms with E-state index in [0.717, 1.165) is 41.1 Å². The Morgan fingerprint density at radius 2 is 2.03 bits per heavy atom. The summed E-state index contributed by atoms with van der Waals surface area (Å²) in [5, 5.41) is 15.1. The Hall–Kier alpha value is -3.53. The van der Waals surface area contributed by atoms with Gasteiger partial charge in [-0.15, -0.1) is 0 Å². The van der Waals surface area contributed by atoms with Crippen LogP contribution in [0.15, 0.2) is 36.8 Å². The van der Waals surface area contributed by atoms with Gasteiger partial charge in [0.2, 0.25) is 5.95 Å². The SMILES string of the molecule is Cn1cc(Nc2nc(Cc3cc(F)cc(N4CCOCC4)c3)c3cn[nH]c3n2)cn1. The fourth-order valence-electron chi connectivity index (χ4n) is 3.63.